The van der Waals surface area contributed by atoms with Gasteiger partial charge >= 0.3 is 5.97 Å². The van der Waals surface area contributed by atoms with Crippen LogP contribution in [0.2, 0.25) is 0 Å². The van der Waals surface area contributed by atoms with Crippen LogP contribution >= 0.6 is 0 Å². The third-order valence-corrected chi connectivity index (χ3v) is 8.09. The summed E-state index contributed by atoms with van der Waals surface area (Å²) in [5.74, 6) is 0.710. The summed E-state index contributed by atoms with van der Waals surface area (Å²) in [6.45, 7) is 13.4. The number of cyclic esters (lactones) is 1. The van der Waals surface area contributed by atoms with Crippen LogP contribution in [0.15, 0.2) is 42.5 Å². The average Bonchev–Trinajstić information content (AvgIpc) is 3.29. The molecule has 0 radical (unpaired) electrons. The van der Waals surface area contributed by atoms with E-state index in [2.05, 4.69) is 84.0 Å². The summed E-state index contributed by atoms with van der Waals surface area (Å²) in [6.07, 6.45) is 10.6. The van der Waals surface area contributed by atoms with Crippen molar-refractivity contribution < 1.29 is 19.4 Å². The van der Waals surface area contributed by atoms with Crippen LogP contribution in [0.5, 0.6) is 5.75 Å². The van der Waals surface area contributed by atoms with E-state index in [1.54, 1.807) is 0 Å². The number of aliphatic hydroxyl groups is 1. The summed E-state index contributed by atoms with van der Waals surface area (Å²) >= 11 is 0. The Labute approximate surface area is 224 Å². The highest BCUT2D eigenvalue weighted by Gasteiger charge is 2.32. The van der Waals surface area contributed by atoms with Crippen LogP contribution in [0.4, 0.5) is 0 Å². The molecular formula is C33H46O4. The molecule has 3 rings (SSSR count). The van der Waals surface area contributed by atoms with Gasteiger partial charge in [0, 0.05) is 11.8 Å². The SMILES string of the molecule is CCCC(O)(C=Cc1ccc(C(CC)(CC)c2ccc(OC[C@@H]3CCC(=O)O3)c(C)c2)cc1C)CCC. The maximum atomic E-state index is 11.4. The van der Waals surface area contributed by atoms with Crippen LogP contribution in [0.1, 0.15) is 107 Å². The second-order valence-corrected chi connectivity index (χ2v) is 10.7. The fourth-order valence-electron chi connectivity index (χ4n) is 5.79. The number of rotatable bonds is 13. The van der Waals surface area contributed by atoms with Gasteiger partial charge in [-0.15, -0.1) is 0 Å². The standard InChI is InChI=1S/C33H46O4/c1-7-18-32(35,19-8-2)20-17-26-11-12-27(21-24(26)5)33(9-3,10-4)28-13-15-30(25(6)22-28)36-23-29-14-16-31(34)37-29/h11-13,15,17,20-22,29,35H,7-10,14,16,18-19,23H2,1-6H3/t29-/m0/s1. The molecule has 1 aliphatic rings. The van der Waals surface area contributed by atoms with Gasteiger partial charge in [0.2, 0.25) is 0 Å². The second-order valence-electron chi connectivity index (χ2n) is 10.7. The minimum Gasteiger partial charge on any atom is -0.489 e. The van der Waals surface area contributed by atoms with Gasteiger partial charge in [-0.1, -0.05) is 83.0 Å². The van der Waals surface area contributed by atoms with Gasteiger partial charge in [-0.3, -0.25) is 4.79 Å². The molecule has 2 aromatic carbocycles. The smallest absolute Gasteiger partial charge is 0.306 e. The molecule has 4 nitrogen and oxygen atoms in total. The number of benzene rings is 2. The van der Waals surface area contributed by atoms with E-state index in [9.17, 15) is 9.90 Å². The minimum atomic E-state index is -0.730. The third-order valence-electron chi connectivity index (χ3n) is 8.09. The van der Waals surface area contributed by atoms with Crippen molar-refractivity contribution >= 4 is 12.0 Å². The highest BCUT2D eigenvalue weighted by atomic mass is 16.6. The van der Waals surface area contributed by atoms with E-state index in [1.807, 2.05) is 6.08 Å². The number of carbonyl (C=O) groups excluding carboxylic acids is 1. The molecule has 1 aliphatic heterocycles. The molecule has 1 heterocycles. The van der Waals surface area contributed by atoms with E-state index in [1.165, 1.54) is 16.7 Å². The van der Waals surface area contributed by atoms with Crippen LogP contribution in [0.3, 0.4) is 0 Å². The summed E-state index contributed by atoms with van der Waals surface area (Å²) in [7, 11) is 0. The maximum absolute atomic E-state index is 11.4. The molecule has 2 aromatic rings. The molecule has 1 fully saturated rings. The Kier molecular flexibility index (Phi) is 10.0. The molecule has 0 bridgehead atoms. The zero-order valence-corrected chi connectivity index (χ0v) is 23.7. The zero-order valence-electron chi connectivity index (χ0n) is 23.7. The fourth-order valence-corrected chi connectivity index (χ4v) is 5.79. The van der Waals surface area contributed by atoms with Crippen LogP contribution < -0.4 is 4.74 Å². The van der Waals surface area contributed by atoms with Crippen molar-refractivity contribution in [3.05, 3.63) is 70.3 Å². The monoisotopic (exact) mass is 506 g/mol. The lowest BCUT2D eigenvalue weighted by Gasteiger charge is -2.34. The van der Waals surface area contributed by atoms with Crippen LogP contribution in [-0.4, -0.2) is 29.4 Å². The number of hydrogen-bond donors (Lipinski definition) is 1. The summed E-state index contributed by atoms with van der Waals surface area (Å²) in [4.78, 5) is 11.4. The van der Waals surface area contributed by atoms with Gasteiger partial charge in [0.1, 0.15) is 18.5 Å². The van der Waals surface area contributed by atoms with Gasteiger partial charge in [0.15, 0.2) is 0 Å². The molecule has 1 N–H and O–H groups in total. The predicted octanol–water partition coefficient (Wildman–Crippen LogP) is 7.84. The van der Waals surface area contributed by atoms with Crippen LogP contribution in [0.25, 0.3) is 6.08 Å². The fraction of sp³-hybridized carbons (Fsp3) is 0.545. The molecule has 1 saturated heterocycles. The van der Waals surface area contributed by atoms with Gasteiger partial charge in [0.05, 0.1) is 5.60 Å². The number of esters is 1. The van der Waals surface area contributed by atoms with E-state index in [4.69, 9.17) is 9.47 Å². The first-order chi connectivity index (χ1) is 17.7. The second kappa shape index (κ2) is 12.8. The molecule has 1 atom stereocenters. The lowest BCUT2D eigenvalue weighted by molar-refractivity contribution is -0.142. The molecule has 37 heavy (non-hydrogen) atoms. The number of aryl methyl sites for hydroxylation is 2. The Balaban J connectivity index is 1.84. The van der Waals surface area contributed by atoms with Crippen LogP contribution in [-0.2, 0) is 14.9 Å². The highest BCUT2D eigenvalue weighted by Crippen LogP contribution is 2.41. The Morgan fingerprint density at radius 2 is 1.59 bits per heavy atom. The number of ether oxygens (including phenoxy) is 2. The topological polar surface area (TPSA) is 55.8 Å². The number of carbonyl (C=O) groups is 1. The molecule has 0 amide bonds. The van der Waals surface area contributed by atoms with Gasteiger partial charge < -0.3 is 14.6 Å². The molecule has 0 spiro atoms. The van der Waals surface area contributed by atoms with Gasteiger partial charge in [-0.2, -0.15) is 0 Å². The Hall–Kier alpha value is -2.59. The van der Waals surface area contributed by atoms with Crippen molar-refractivity contribution in [2.75, 3.05) is 6.61 Å². The molecule has 0 saturated carbocycles. The highest BCUT2D eigenvalue weighted by molar-refractivity contribution is 5.71. The van der Waals surface area contributed by atoms with Crippen molar-refractivity contribution in [1.82, 2.24) is 0 Å². The van der Waals surface area contributed by atoms with Crippen molar-refractivity contribution in [3.8, 4) is 5.75 Å². The Morgan fingerprint density at radius 1 is 0.973 bits per heavy atom. The van der Waals surface area contributed by atoms with E-state index in [-0.39, 0.29) is 17.5 Å². The largest absolute Gasteiger partial charge is 0.489 e. The molecule has 0 aliphatic carbocycles. The summed E-state index contributed by atoms with van der Waals surface area (Å²) < 4.78 is 11.3. The van der Waals surface area contributed by atoms with E-state index in [0.717, 1.165) is 61.8 Å². The normalized spacial score (nSPS) is 16.4. The van der Waals surface area contributed by atoms with Crippen LogP contribution in [0, 0.1) is 13.8 Å². The molecule has 0 unspecified atom stereocenters. The van der Waals surface area contributed by atoms with Crippen molar-refractivity contribution in [1.29, 1.82) is 0 Å². The summed E-state index contributed by atoms with van der Waals surface area (Å²) in [6, 6.07) is 13.3. The van der Waals surface area contributed by atoms with Gasteiger partial charge in [-0.05, 0) is 79.8 Å². The minimum absolute atomic E-state index is 0.0948. The lowest BCUT2D eigenvalue weighted by Crippen LogP contribution is -2.26. The first-order valence-corrected chi connectivity index (χ1v) is 14.2. The quantitative estimate of drug-likeness (QED) is 0.281. The van der Waals surface area contributed by atoms with E-state index >= 15 is 0 Å². The molecule has 4 heteroatoms. The molecule has 0 aromatic heterocycles. The Bertz CT molecular complexity index is 1070. The predicted molar refractivity (Wildman–Crippen MR) is 152 cm³/mol. The average molecular weight is 507 g/mol. The first-order valence-electron chi connectivity index (χ1n) is 14.2. The van der Waals surface area contributed by atoms with E-state index in [0.29, 0.717) is 13.0 Å². The lowest BCUT2D eigenvalue weighted by atomic mass is 9.70. The van der Waals surface area contributed by atoms with Crippen molar-refractivity contribution in [2.24, 2.45) is 0 Å². The molecular weight excluding hydrogens is 460 g/mol. The van der Waals surface area contributed by atoms with Gasteiger partial charge in [-0.25, -0.2) is 0 Å². The summed E-state index contributed by atoms with van der Waals surface area (Å²) in [5, 5.41) is 11.0. The Morgan fingerprint density at radius 3 is 2.11 bits per heavy atom. The summed E-state index contributed by atoms with van der Waals surface area (Å²) in [5.41, 5.74) is 5.25. The first kappa shape index (κ1) is 29.0. The molecule has 202 valence electrons. The third kappa shape index (κ3) is 6.84. The van der Waals surface area contributed by atoms with Crippen molar-refractivity contribution in [3.63, 3.8) is 0 Å². The maximum Gasteiger partial charge on any atom is 0.306 e. The van der Waals surface area contributed by atoms with Crippen molar-refractivity contribution in [2.45, 2.75) is 110 Å². The zero-order chi connectivity index (χ0) is 27.1. The number of hydrogen-bond acceptors (Lipinski definition) is 4. The van der Waals surface area contributed by atoms with E-state index < -0.39 is 5.60 Å². The van der Waals surface area contributed by atoms with Gasteiger partial charge in [0.25, 0.3) is 0 Å².